The van der Waals surface area contributed by atoms with Crippen molar-refractivity contribution >= 4 is 11.6 Å². The third-order valence-electron chi connectivity index (χ3n) is 1.67. The summed E-state index contributed by atoms with van der Waals surface area (Å²) in [4.78, 5) is 0. The largest absolute Gasteiger partial charge is 0.377 e. The molecule has 1 fully saturated rings. The molecule has 1 aliphatic heterocycles. The Balaban J connectivity index is 1.91. The van der Waals surface area contributed by atoms with E-state index in [4.69, 9.17) is 16.3 Å². The van der Waals surface area contributed by atoms with Crippen LogP contribution in [0.2, 0.25) is 0 Å². The number of ether oxygens (including phenoxy) is 1. The number of halogens is 1. The first-order chi connectivity index (χ1) is 4.93. The molecule has 1 N–H and O–H groups in total. The van der Waals surface area contributed by atoms with Crippen molar-refractivity contribution in [3.63, 3.8) is 0 Å². The highest BCUT2D eigenvalue weighted by Crippen LogP contribution is 2.10. The van der Waals surface area contributed by atoms with Crippen LogP contribution in [-0.4, -0.2) is 31.7 Å². The molecule has 1 rings (SSSR count). The molecule has 1 aliphatic rings. The minimum absolute atomic E-state index is 0.447. The lowest BCUT2D eigenvalue weighted by Gasteiger charge is -2.08. The van der Waals surface area contributed by atoms with Crippen molar-refractivity contribution in [3.8, 4) is 0 Å². The van der Waals surface area contributed by atoms with Gasteiger partial charge in [-0.1, -0.05) is 0 Å². The Kier molecular flexibility index (Phi) is 4.10. The molecular formula is C7H14ClNO. The second-order valence-corrected chi connectivity index (χ2v) is 2.91. The monoisotopic (exact) mass is 163 g/mol. The second kappa shape index (κ2) is 4.94. The number of nitrogens with one attached hydrogen (secondary N) is 1. The lowest BCUT2D eigenvalue weighted by Crippen LogP contribution is -2.27. The van der Waals surface area contributed by atoms with E-state index in [0.717, 1.165) is 19.7 Å². The summed E-state index contributed by atoms with van der Waals surface area (Å²) in [5.74, 6) is 0.687. The maximum Gasteiger partial charge on any atom is 0.0700 e. The summed E-state index contributed by atoms with van der Waals surface area (Å²) in [6.07, 6.45) is 2.87. The molecule has 1 atom stereocenters. The van der Waals surface area contributed by atoms with Gasteiger partial charge in [0, 0.05) is 25.6 Å². The van der Waals surface area contributed by atoms with E-state index < -0.39 is 0 Å². The van der Waals surface area contributed by atoms with Crippen LogP contribution < -0.4 is 5.32 Å². The van der Waals surface area contributed by atoms with Crippen molar-refractivity contribution in [2.45, 2.75) is 18.9 Å². The predicted molar refractivity (Wildman–Crippen MR) is 42.6 cm³/mol. The van der Waals surface area contributed by atoms with Crippen LogP contribution in [0.15, 0.2) is 0 Å². The van der Waals surface area contributed by atoms with E-state index in [-0.39, 0.29) is 0 Å². The van der Waals surface area contributed by atoms with E-state index in [2.05, 4.69) is 5.32 Å². The summed E-state index contributed by atoms with van der Waals surface area (Å²) in [6, 6.07) is 0. The van der Waals surface area contributed by atoms with Gasteiger partial charge in [-0.25, -0.2) is 0 Å². The summed E-state index contributed by atoms with van der Waals surface area (Å²) >= 11 is 5.48. The third-order valence-corrected chi connectivity index (χ3v) is 1.86. The predicted octanol–water partition coefficient (Wildman–Crippen LogP) is 0.994. The zero-order valence-electron chi connectivity index (χ0n) is 6.11. The van der Waals surface area contributed by atoms with Crippen molar-refractivity contribution < 1.29 is 4.74 Å². The van der Waals surface area contributed by atoms with Crippen molar-refractivity contribution in [1.29, 1.82) is 0 Å². The normalized spacial score (nSPS) is 25.5. The molecular weight excluding hydrogens is 150 g/mol. The van der Waals surface area contributed by atoms with Gasteiger partial charge in [-0.05, 0) is 12.8 Å². The first-order valence-electron chi connectivity index (χ1n) is 3.82. The fourth-order valence-electron chi connectivity index (χ4n) is 1.14. The first kappa shape index (κ1) is 8.31. The van der Waals surface area contributed by atoms with Gasteiger partial charge in [0.25, 0.3) is 0 Å². The number of alkyl halides is 1. The molecule has 0 bridgehead atoms. The smallest absolute Gasteiger partial charge is 0.0700 e. The zero-order valence-corrected chi connectivity index (χ0v) is 6.86. The van der Waals surface area contributed by atoms with Crippen molar-refractivity contribution in [2.24, 2.45) is 0 Å². The van der Waals surface area contributed by atoms with E-state index in [0.29, 0.717) is 12.0 Å². The SMILES string of the molecule is ClCCNC[C@@H]1CCCO1. The molecule has 0 saturated carbocycles. The van der Waals surface area contributed by atoms with Crippen LogP contribution in [0.5, 0.6) is 0 Å². The van der Waals surface area contributed by atoms with Crippen LogP contribution in [0.25, 0.3) is 0 Å². The molecule has 0 spiro atoms. The minimum Gasteiger partial charge on any atom is -0.377 e. The summed E-state index contributed by atoms with van der Waals surface area (Å²) in [5, 5.41) is 3.22. The molecule has 0 radical (unpaired) electrons. The highest BCUT2D eigenvalue weighted by molar-refractivity contribution is 6.18. The van der Waals surface area contributed by atoms with Crippen LogP contribution in [-0.2, 0) is 4.74 Å². The molecule has 0 aromatic carbocycles. The van der Waals surface area contributed by atoms with Crippen LogP contribution >= 0.6 is 11.6 Å². The molecule has 1 saturated heterocycles. The van der Waals surface area contributed by atoms with Gasteiger partial charge in [-0.15, -0.1) is 11.6 Å². The Bertz CT molecular complexity index is 83.7. The van der Waals surface area contributed by atoms with Gasteiger partial charge in [0.2, 0.25) is 0 Å². The Morgan fingerprint density at radius 2 is 2.50 bits per heavy atom. The zero-order chi connectivity index (χ0) is 7.23. The van der Waals surface area contributed by atoms with Gasteiger partial charge >= 0.3 is 0 Å². The maximum atomic E-state index is 5.48. The summed E-state index contributed by atoms with van der Waals surface area (Å²) in [5.41, 5.74) is 0. The Hall–Kier alpha value is 0.210. The summed E-state index contributed by atoms with van der Waals surface area (Å²) in [6.45, 7) is 2.79. The van der Waals surface area contributed by atoms with E-state index >= 15 is 0 Å². The maximum absolute atomic E-state index is 5.48. The van der Waals surface area contributed by atoms with Crippen LogP contribution in [0.4, 0.5) is 0 Å². The number of rotatable bonds is 4. The molecule has 0 aliphatic carbocycles. The van der Waals surface area contributed by atoms with Gasteiger partial charge in [-0.2, -0.15) is 0 Å². The second-order valence-electron chi connectivity index (χ2n) is 2.53. The average Bonchev–Trinajstić information content (AvgIpc) is 2.41. The molecule has 0 amide bonds. The molecule has 60 valence electrons. The van der Waals surface area contributed by atoms with Crippen LogP contribution in [0, 0.1) is 0 Å². The number of hydrogen-bond donors (Lipinski definition) is 1. The van der Waals surface area contributed by atoms with E-state index in [1.54, 1.807) is 0 Å². The van der Waals surface area contributed by atoms with Crippen LogP contribution in [0.1, 0.15) is 12.8 Å². The van der Waals surface area contributed by atoms with Crippen molar-refractivity contribution in [1.82, 2.24) is 5.32 Å². The Morgan fingerprint density at radius 3 is 3.10 bits per heavy atom. The van der Waals surface area contributed by atoms with Crippen molar-refractivity contribution in [2.75, 3.05) is 25.6 Å². The first-order valence-corrected chi connectivity index (χ1v) is 4.35. The average molecular weight is 164 g/mol. The van der Waals surface area contributed by atoms with E-state index in [1.165, 1.54) is 12.8 Å². The third kappa shape index (κ3) is 2.86. The Morgan fingerprint density at radius 1 is 1.60 bits per heavy atom. The molecule has 3 heteroatoms. The summed E-state index contributed by atoms with van der Waals surface area (Å²) in [7, 11) is 0. The number of hydrogen-bond acceptors (Lipinski definition) is 2. The molecule has 10 heavy (non-hydrogen) atoms. The minimum atomic E-state index is 0.447. The van der Waals surface area contributed by atoms with Crippen molar-refractivity contribution in [3.05, 3.63) is 0 Å². The lowest BCUT2D eigenvalue weighted by molar-refractivity contribution is 0.110. The topological polar surface area (TPSA) is 21.3 Å². The van der Waals surface area contributed by atoms with Gasteiger partial charge < -0.3 is 10.1 Å². The van der Waals surface area contributed by atoms with Gasteiger partial charge in [0.1, 0.15) is 0 Å². The highest BCUT2D eigenvalue weighted by Gasteiger charge is 2.13. The molecule has 0 aromatic heterocycles. The highest BCUT2D eigenvalue weighted by atomic mass is 35.5. The molecule has 0 unspecified atom stereocenters. The van der Waals surface area contributed by atoms with Gasteiger partial charge in [0.05, 0.1) is 6.10 Å². The van der Waals surface area contributed by atoms with E-state index in [9.17, 15) is 0 Å². The van der Waals surface area contributed by atoms with Crippen LogP contribution in [0.3, 0.4) is 0 Å². The molecule has 1 heterocycles. The molecule has 0 aromatic rings. The standard InChI is InChI=1S/C7H14ClNO/c8-3-4-9-6-7-2-1-5-10-7/h7,9H,1-6H2/t7-/m0/s1. The van der Waals surface area contributed by atoms with Gasteiger partial charge in [-0.3, -0.25) is 0 Å². The fraction of sp³-hybridized carbons (Fsp3) is 1.00. The summed E-state index contributed by atoms with van der Waals surface area (Å²) < 4.78 is 5.39. The lowest BCUT2D eigenvalue weighted by atomic mass is 10.2. The fourth-order valence-corrected chi connectivity index (χ4v) is 1.27. The Labute approximate surface area is 66.9 Å². The quantitative estimate of drug-likeness (QED) is 0.493. The van der Waals surface area contributed by atoms with E-state index in [1.807, 2.05) is 0 Å². The molecule has 2 nitrogen and oxygen atoms in total. The van der Waals surface area contributed by atoms with Gasteiger partial charge in [0.15, 0.2) is 0 Å².